The number of carbonyl (C=O) groups excluding carboxylic acids is 3. The first-order valence-corrected chi connectivity index (χ1v) is 11.1. The zero-order valence-electron chi connectivity index (χ0n) is 18.2. The molecule has 7 nitrogen and oxygen atoms in total. The zero-order chi connectivity index (χ0) is 21.6. The van der Waals surface area contributed by atoms with Crippen LogP contribution < -0.4 is 5.32 Å². The van der Waals surface area contributed by atoms with Gasteiger partial charge in [-0.15, -0.1) is 0 Å². The van der Waals surface area contributed by atoms with Gasteiger partial charge in [0.05, 0.1) is 12.0 Å². The van der Waals surface area contributed by atoms with Crippen LogP contribution in [0.4, 0.5) is 0 Å². The molecular weight excluding hydrogens is 380 g/mol. The molecule has 0 atom stereocenters. The summed E-state index contributed by atoms with van der Waals surface area (Å²) < 4.78 is 0. The molecular formula is C23H34N4O3. The molecule has 164 valence electrons. The molecule has 1 aromatic rings. The Morgan fingerprint density at radius 1 is 0.933 bits per heavy atom. The number of carbonyl (C=O) groups is 3. The molecule has 0 bridgehead atoms. The van der Waals surface area contributed by atoms with Gasteiger partial charge in [0.2, 0.25) is 17.7 Å². The van der Waals surface area contributed by atoms with E-state index < -0.39 is 5.41 Å². The Labute approximate surface area is 179 Å². The largest absolute Gasteiger partial charge is 0.355 e. The van der Waals surface area contributed by atoms with Gasteiger partial charge < -0.3 is 15.1 Å². The summed E-state index contributed by atoms with van der Waals surface area (Å²) in [6.45, 7) is 8.59. The van der Waals surface area contributed by atoms with Gasteiger partial charge in [-0.2, -0.15) is 0 Å². The topological polar surface area (TPSA) is 73.0 Å². The first kappa shape index (κ1) is 22.3. The summed E-state index contributed by atoms with van der Waals surface area (Å²) in [4.78, 5) is 43.4. The van der Waals surface area contributed by atoms with E-state index in [2.05, 4.69) is 10.2 Å². The SMILES string of the molecule is CCCNC(=O)CN1CCN(C(=O)C2(c3ccccc3)CCN(C(C)=O)CC2)CC1. The van der Waals surface area contributed by atoms with Gasteiger partial charge in [0, 0.05) is 52.7 Å². The molecule has 2 aliphatic rings. The molecule has 0 unspecified atom stereocenters. The van der Waals surface area contributed by atoms with E-state index in [0.29, 0.717) is 65.2 Å². The maximum atomic E-state index is 13.7. The van der Waals surface area contributed by atoms with Crippen molar-refractivity contribution in [3.05, 3.63) is 35.9 Å². The second-order valence-electron chi connectivity index (χ2n) is 8.37. The monoisotopic (exact) mass is 414 g/mol. The van der Waals surface area contributed by atoms with Crippen molar-refractivity contribution < 1.29 is 14.4 Å². The zero-order valence-corrected chi connectivity index (χ0v) is 18.2. The van der Waals surface area contributed by atoms with Crippen molar-refractivity contribution in [2.75, 3.05) is 52.4 Å². The standard InChI is InChI=1S/C23H34N4O3/c1-3-11-24-21(29)18-25-14-16-27(17-15-25)22(30)23(20-7-5-4-6-8-20)9-12-26(13-10-23)19(2)28/h4-8H,3,9-18H2,1-2H3,(H,24,29). The molecule has 30 heavy (non-hydrogen) atoms. The van der Waals surface area contributed by atoms with Gasteiger partial charge in [0.25, 0.3) is 0 Å². The fraction of sp³-hybridized carbons (Fsp3) is 0.609. The lowest BCUT2D eigenvalue weighted by Gasteiger charge is -2.45. The normalized spacial score (nSPS) is 19.4. The van der Waals surface area contributed by atoms with Gasteiger partial charge in [-0.3, -0.25) is 19.3 Å². The van der Waals surface area contributed by atoms with E-state index in [1.165, 1.54) is 0 Å². The quantitative estimate of drug-likeness (QED) is 0.760. The van der Waals surface area contributed by atoms with Gasteiger partial charge in [0.15, 0.2) is 0 Å². The van der Waals surface area contributed by atoms with Crippen LogP contribution >= 0.6 is 0 Å². The highest BCUT2D eigenvalue weighted by Gasteiger charge is 2.45. The summed E-state index contributed by atoms with van der Waals surface area (Å²) in [6.07, 6.45) is 2.22. The van der Waals surface area contributed by atoms with Crippen LogP contribution in [0, 0.1) is 0 Å². The number of benzene rings is 1. The van der Waals surface area contributed by atoms with Crippen LogP contribution in [0.5, 0.6) is 0 Å². The third kappa shape index (κ3) is 5.01. The van der Waals surface area contributed by atoms with E-state index in [1.54, 1.807) is 6.92 Å². The number of rotatable bonds is 6. The van der Waals surface area contributed by atoms with Gasteiger partial charge in [0.1, 0.15) is 0 Å². The highest BCUT2D eigenvalue weighted by Crippen LogP contribution is 2.37. The second kappa shape index (κ2) is 10.1. The minimum absolute atomic E-state index is 0.0500. The second-order valence-corrected chi connectivity index (χ2v) is 8.37. The predicted molar refractivity (Wildman–Crippen MR) is 116 cm³/mol. The van der Waals surface area contributed by atoms with Crippen molar-refractivity contribution in [2.45, 2.75) is 38.5 Å². The van der Waals surface area contributed by atoms with Crippen LogP contribution in [-0.4, -0.2) is 84.8 Å². The average Bonchev–Trinajstić information content (AvgIpc) is 2.78. The van der Waals surface area contributed by atoms with Crippen molar-refractivity contribution in [3.8, 4) is 0 Å². The molecule has 0 radical (unpaired) electrons. The highest BCUT2D eigenvalue weighted by molar-refractivity contribution is 5.89. The lowest BCUT2D eigenvalue weighted by atomic mass is 9.71. The molecule has 0 saturated carbocycles. The third-order valence-electron chi connectivity index (χ3n) is 6.40. The highest BCUT2D eigenvalue weighted by atomic mass is 16.2. The Kier molecular flexibility index (Phi) is 7.48. The Balaban J connectivity index is 1.67. The van der Waals surface area contributed by atoms with Crippen LogP contribution in [0.15, 0.2) is 30.3 Å². The fourth-order valence-corrected chi connectivity index (χ4v) is 4.52. The summed E-state index contributed by atoms with van der Waals surface area (Å²) in [6, 6.07) is 10.0. The van der Waals surface area contributed by atoms with Crippen LogP contribution in [0.3, 0.4) is 0 Å². The Morgan fingerprint density at radius 2 is 1.57 bits per heavy atom. The molecule has 0 aromatic heterocycles. The third-order valence-corrected chi connectivity index (χ3v) is 6.40. The van der Waals surface area contributed by atoms with E-state index in [-0.39, 0.29) is 17.7 Å². The van der Waals surface area contributed by atoms with Gasteiger partial charge >= 0.3 is 0 Å². The van der Waals surface area contributed by atoms with E-state index in [0.717, 1.165) is 12.0 Å². The number of nitrogens with zero attached hydrogens (tertiary/aromatic N) is 3. The number of nitrogens with one attached hydrogen (secondary N) is 1. The Hall–Kier alpha value is -2.41. The van der Waals surface area contributed by atoms with Crippen LogP contribution in [0.2, 0.25) is 0 Å². The minimum atomic E-state index is -0.576. The summed E-state index contributed by atoms with van der Waals surface area (Å²) >= 11 is 0. The molecule has 1 N–H and O–H groups in total. The van der Waals surface area contributed by atoms with Crippen molar-refractivity contribution >= 4 is 17.7 Å². The molecule has 3 amide bonds. The van der Waals surface area contributed by atoms with Crippen molar-refractivity contribution in [1.82, 2.24) is 20.0 Å². The Morgan fingerprint density at radius 3 is 2.13 bits per heavy atom. The number of hydrogen-bond donors (Lipinski definition) is 1. The van der Waals surface area contributed by atoms with Crippen molar-refractivity contribution in [1.29, 1.82) is 0 Å². The number of piperazine rings is 1. The first-order chi connectivity index (χ1) is 14.5. The minimum Gasteiger partial charge on any atom is -0.355 e. The maximum Gasteiger partial charge on any atom is 0.234 e. The molecule has 2 aliphatic heterocycles. The molecule has 3 rings (SSSR count). The number of piperidine rings is 1. The predicted octanol–water partition coefficient (Wildman–Crippen LogP) is 1.24. The molecule has 2 fully saturated rings. The lowest BCUT2D eigenvalue weighted by Crippen LogP contribution is -2.58. The molecule has 2 heterocycles. The molecule has 7 heteroatoms. The van der Waals surface area contributed by atoms with Crippen molar-refractivity contribution in [2.24, 2.45) is 0 Å². The van der Waals surface area contributed by atoms with Crippen LogP contribution in [0.1, 0.15) is 38.7 Å². The summed E-state index contributed by atoms with van der Waals surface area (Å²) in [5.41, 5.74) is 0.466. The van der Waals surface area contributed by atoms with Gasteiger partial charge in [-0.05, 0) is 24.8 Å². The van der Waals surface area contributed by atoms with Gasteiger partial charge in [-0.25, -0.2) is 0 Å². The van der Waals surface area contributed by atoms with E-state index in [1.807, 2.05) is 47.1 Å². The maximum absolute atomic E-state index is 13.7. The molecule has 0 aliphatic carbocycles. The number of likely N-dealkylation sites (tertiary alicyclic amines) is 1. The first-order valence-electron chi connectivity index (χ1n) is 11.1. The summed E-state index contributed by atoms with van der Waals surface area (Å²) in [7, 11) is 0. The van der Waals surface area contributed by atoms with Gasteiger partial charge in [-0.1, -0.05) is 37.3 Å². The molecule has 1 aromatic carbocycles. The molecule has 2 saturated heterocycles. The summed E-state index contributed by atoms with van der Waals surface area (Å²) in [5.74, 6) is 0.278. The number of amides is 3. The fourth-order valence-electron chi connectivity index (χ4n) is 4.52. The van der Waals surface area contributed by atoms with Crippen LogP contribution in [-0.2, 0) is 19.8 Å². The molecule has 0 spiro atoms. The van der Waals surface area contributed by atoms with E-state index >= 15 is 0 Å². The van der Waals surface area contributed by atoms with E-state index in [4.69, 9.17) is 0 Å². The smallest absolute Gasteiger partial charge is 0.234 e. The van der Waals surface area contributed by atoms with E-state index in [9.17, 15) is 14.4 Å². The summed E-state index contributed by atoms with van der Waals surface area (Å²) in [5, 5.41) is 2.91. The average molecular weight is 415 g/mol. The van der Waals surface area contributed by atoms with Crippen LogP contribution in [0.25, 0.3) is 0 Å². The lowest BCUT2D eigenvalue weighted by molar-refractivity contribution is -0.144. The van der Waals surface area contributed by atoms with Crippen molar-refractivity contribution in [3.63, 3.8) is 0 Å². The Bertz CT molecular complexity index is 736. The number of hydrogen-bond acceptors (Lipinski definition) is 4.